The summed E-state index contributed by atoms with van der Waals surface area (Å²) in [6.07, 6.45) is -3.05. The summed E-state index contributed by atoms with van der Waals surface area (Å²) < 4.78 is 42.8. The van der Waals surface area contributed by atoms with E-state index in [0.29, 0.717) is 16.4 Å². The highest BCUT2D eigenvalue weighted by Crippen LogP contribution is 2.38. The maximum absolute atomic E-state index is 13.8. The highest BCUT2D eigenvalue weighted by Gasteiger charge is 2.36. The SMILES string of the molecule is Cc1ccc(-n2nc(C)c3c(C(F)(F)F)cc(-c4ccccn4)nc32)cc1Cl. The highest BCUT2D eigenvalue weighted by molar-refractivity contribution is 6.31. The summed E-state index contributed by atoms with van der Waals surface area (Å²) in [6.45, 7) is 3.38. The molecule has 0 unspecified atom stereocenters. The molecule has 0 aliphatic carbocycles. The molecule has 4 rings (SSSR count). The van der Waals surface area contributed by atoms with Gasteiger partial charge in [-0.25, -0.2) is 9.67 Å². The van der Waals surface area contributed by atoms with E-state index in [1.54, 1.807) is 36.4 Å². The Bertz CT molecular complexity index is 1180. The number of hydrogen-bond donors (Lipinski definition) is 0. The van der Waals surface area contributed by atoms with Crippen LogP contribution in [0, 0.1) is 13.8 Å². The second-order valence-corrected chi connectivity index (χ2v) is 6.80. The van der Waals surface area contributed by atoms with Crippen molar-refractivity contribution in [2.75, 3.05) is 0 Å². The molecule has 0 spiro atoms. The van der Waals surface area contributed by atoms with Gasteiger partial charge in [-0.1, -0.05) is 23.7 Å². The monoisotopic (exact) mass is 402 g/mol. The van der Waals surface area contributed by atoms with Crippen LogP contribution in [0.4, 0.5) is 13.2 Å². The lowest BCUT2D eigenvalue weighted by Crippen LogP contribution is -2.08. The number of aromatic nitrogens is 4. The molecule has 4 nitrogen and oxygen atoms in total. The van der Waals surface area contributed by atoms with E-state index in [-0.39, 0.29) is 22.4 Å². The van der Waals surface area contributed by atoms with Gasteiger partial charge in [-0.05, 0) is 49.7 Å². The molecule has 0 aliphatic rings. The molecule has 0 saturated heterocycles. The number of halogens is 4. The molecule has 0 atom stereocenters. The Kier molecular flexibility index (Phi) is 4.34. The summed E-state index contributed by atoms with van der Waals surface area (Å²) >= 11 is 6.20. The van der Waals surface area contributed by atoms with Crippen molar-refractivity contribution in [1.29, 1.82) is 0 Å². The van der Waals surface area contributed by atoms with Crippen LogP contribution in [-0.2, 0) is 6.18 Å². The molecule has 0 saturated carbocycles. The van der Waals surface area contributed by atoms with Crippen LogP contribution in [0.15, 0.2) is 48.7 Å². The van der Waals surface area contributed by atoms with Crippen LogP contribution in [-0.4, -0.2) is 19.7 Å². The molecular weight excluding hydrogens is 389 g/mol. The van der Waals surface area contributed by atoms with Crippen LogP contribution in [0.1, 0.15) is 16.8 Å². The smallest absolute Gasteiger partial charge is 0.255 e. The Morgan fingerprint density at radius 1 is 1.00 bits per heavy atom. The molecule has 0 aliphatic heterocycles. The first kappa shape index (κ1) is 18.4. The van der Waals surface area contributed by atoms with Crippen LogP contribution in [0.2, 0.25) is 5.02 Å². The molecule has 8 heteroatoms. The van der Waals surface area contributed by atoms with Gasteiger partial charge < -0.3 is 0 Å². The Morgan fingerprint density at radius 3 is 2.43 bits per heavy atom. The van der Waals surface area contributed by atoms with Crippen LogP contribution in [0.25, 0.3) is 28.1 Å². The number of pyridine rings is 2. The lowest BCUT2D eigenvalue weighted by molar-refractivity contribution is -0.136. The zero-order valence-electron chi connectivity index (χ0n) is 14.9. The second-order valence-electron chi connectivity index (χ2n) is 6.40. The molecule has 0 amide bonds. The van der Waals surface area contributed by atoms with E-state index in [9.17, 15) is 13.2 Å². The first-order valence-electron chi connectivity index (χ1n) is 8.41. The molecule has 0 radical (unpaired) electrons. The predicted molar refractivity (Wildman–Crippen MR) is 102 cm³/mol. The average molecular weight is 403 g/mol. The molecule has 4 aromatic rings. The Hall–Kier alpha value is -2.93. The lowest BCUT2D eigenvalue weighted by Gasteiger charge is -2.11. The van der Waals surface area contributed by atoms with Gasteiger partial charge in [0.2, 0.25) is 0 Å². The summed E-state index contributed by atoms with van der Waals surface area (Å²) in [6, 6.07) is 11.2. The van der Waals surface area contributed by atoms with Crippen LogP contribution < -0.4 is 0 Å². The average Bonchev–Trinajstić information content (AvgIpc) is 3.00. The molecular formula is C20H14ClF3N4. The second kappa shape index (κ2) is 6.60. The Balaban J connectivity index is 2.07. The van der Waals surface area contributed by atoms with Crippen molar-refractivity contribution < 1.29 is 13.2 Å². The number of alkyl halides is 3. The van der Waals surface area contributed by atoms with Gasteiger partial charge in [-0.2, -0.15) is 18.3 Å². The molecule has 1 aromatic carbocycles. The van der Waals surface area contributed by atoms with Crippen molar-refractivity contribution in [3.05, 3.63) is 70.5 Å². The molecule has 3 aromatic heterocycles. The van der Waals surface area contributed by atoms with Gasteiger partial charge in [-0.15, -0.1) is 0 Å². The number of hydrogen-bond acceptors (Lipinski definition) is 3. The highest BCUT2D eigenvalue weighted by atomic mass is 35.5. The van der Waals surface area contributed by atoms with E-state index in [4.69, 9.17) is 11.6 Å². The predicted octanol–water partition coefficient (Wildman–Crippen LogP) is 5.77. The third kappa shape index (κ3) is 3.11. The summed E-state index contributed by atoms with van der Waals surface area (Å²) in [7, 11) is 0. The third-order valence-electron chi connectivity index (χ3n) is 4.45. The van der Waals surface area contributed by atoms with E-state index < -0.39 is 11.7 Å². The summed E-state index contributed by atoms with van der Waals surface area (Å²) in [5.41, 5.74) is 1.42. The van der Waals surface area contributed by atoms with E-state index >= 15 is 0 Å². The van der Waals surface area contributed by atoms with Crippen molar-refractivity contribution in [2.45, 2.75) is 20.0 Å². The Labute approximate surface area is 163 Å². The minimum absolute atomic E-state index is 0.0381. The normalized spacial score (nSPS) is 11.9. The largest absolute Gasteiger partial charge is 0.417 e. The summed E-state index contributed by atoms with van der Waals surface area (Å²) in [5, 5.41) is 4.77. The van der Waals surface area contributed by atoms with Crippen molar-refractivity contribution in [2.24, 2.45) is 0 Å². The van der Waals surface area contributed by atoms with Gasteiger partial charge in [0.05, 0.1) is 33.7 Å². The maximum Gasteiger partial charge on any atom is 0.417 e. The fourth-order valence-electron chi connectivity index (χ4n) is 3.05. The lowest BCUT2D eigenvalue weighted by atomic mass is 10.1. The molecule has 28 heavy (non-hydrogen) atoms. The van der Waals surface area contributed by atoms with E-state index in [0.717, 1.165) is 11.6 Å². The number of nitrogens with zero attached hydrogens (tertiary/aromatic N) is 4. The van der Waals surface area contributed by atoms with Crippen molar-refractivity contribution >= 4 is 22.6 Å². The van der Waals surface area contributed by atoms with Crippen LogP contribution in [0.3, 0.4) is 0 Å². The maximum atomic E-state index is 13.8. The summed E-state index contributed by atoms with van der Waals surface area (Å²) in [5.74, 6) is 0. The quantitative estimate of drug-likeness (QED) is 0.427. The van der Waals surface area contributed by atoms with Gasteiger partial charge in [0.15, 0.2) is 5.65 Å². The van der Waals surface area contributed by atoms with Gasteiger partial charge in [0, 0.05) is 11.2 Å². The Morgan fingerprint density at radius 2 is 1.79 bits per heavy atom. The van der Waals surface area contributed by atoms with Crippen LogP contribution >= 0.6 is 11.6 Å². The van der Waals surface area contributed by atoms with Gasteiger partial charge in [-0.3, -0.25) is 4.98 Å². The first-order chi connectivity index (χ1) is 13.3. The molecule has 142 valence electrons. The molecule has 0 fully saturated rings. The topological polar surface area (TPSA) is 43.6 Å². The molecule has 0 bridgehead atoms. The first-order valence-corrected chi connectivity index (χ1v) is 8.79. The number of aryl methyl sites for hydroxylation is 2. The minimum atomic E-state index is -4.56. The van der Waals surface area contributed by atoms with Gasteiger partial charge in [0.1, 0.15) is 0 Å². The van der Waals surface area contributed by atoms with Crippen molar-refractivity contribution in [3.63, 3.8) is 0 Å². The van der Waals surface area contributed by atoms with E-state index in [1.165, 1.54) is 17.8 Å². The minimum Gasteiger partial charge on any atom is -0.255 e. The van der Waals surface area contributed by atoms with Gasteiger partial charge >= 0.3 is 6.18 Å². The zero-order valence-corrected chi connectivity index (χ0v) is 15.7. The standard InChI is InChI=1S/C20H14ClF3N4/c1-11-6-7-13(9-15(11)21)28-19-18(12(2)27-28)14(20(22,23)24)10-17(26-19)16-5-3-4-8-25-16/h3-10H,1-2H3. The zero-order chi connectivity index (χ0) is 20.1. The van der Waals surface area contributed by atoms with Crippen LogP contribution in [0.5, 0.6) is 0 Å². The van der Waals surface area contributed by atoms with Gasteiger partial charge in [0.25, 0.3) is 0 Å². The number of benzene rings is 1. The molecule has 0 N–H and O–H groups in total. The summed E-state index contributed by atoms with van der Waals surface area (Å²) in [4.78, 5) is 8.60. The molecule has 3 heterocycles. The third-order valence-corrected chi connectivity index (χ3v) is 4.85. The fraction of sp³-hybridized carbons (Fsp3) is 0.150. The van der Waals surface area contributed by atoms with E-state index in [2.05, 4.69) is 15.1 Å². The van der Waals surface area contributed by atoms with E-state index in [1.807, 2.05) is 6.92 Å². The number of fused-ring (bicyclic) bond motifs is 1. The fourth-order valence-corrected chi connectivity index (χ4v) is 3.23. The van der Waals surface area contributed by atoms with Crippen molar-refractivity contribution in [3.8, 4) is 17.1 Å². The number of rotatable bonds is 2. The van der Waals surface area contributed by atoms with Crippen molar-refractivity contribution in [1.82, 2.24) is 19.7 Å².